The Balaban J connectivity index is 0.00000180. The molecule has 110 valence electrons. The second-order valence-corrected chi connectivity index (χ2v) is 4.18. The quantitative estimate of drug-likeness (QED) is 0.811. The number of hydrogen-bond donors (Lipinski definition) is 1. The van der Waals surface area contributed by atoms with Crippen LogP contribution in [0.4, 0.5) is 0 Å². The highest BCUT2D eigenvalue weighted by Crippen LogP contribution is 2.25. The number of rotatable bonds is 6. The lowest BCUT2D eigenvalue weighted by atomic mass is 10.0. The van der Waals surface area contributed by atoms with E-state index in [1.807, 2.05) is 43.4 Å². The van der Waals surface area contributed by atoms with Gasteiger partial charge in [0, 0.05) is 6.54 Å². The molecule has 0 fully saturated rings. The van der Waals surface area contributed by atoms with Crippen LogP contribution in [0.15, 0.2) is 60.7 Å². The molecule has 0 saturated carbocycles. The van der Waals surface area contributed by atoms with Gasteiger partial charge in [0.1, 0.15) is 6.10 Å². The first-order valence-corrected chi connectivity index (χ1v) is 6.28. The molecule has 2 rings (SSSR count). The van der Waals surface area contributed by atoms with Crippen molar-refractivity contribution < 1.29 is 4.74 Å². The van der Waals surface area contributed by atoms with Gasteiger partial charge in [-0.3, -0.25) is 0 Å². The summed E-state index contributed by atoms with van der Waals surface area (Å²) in [6.07, 6.45) is 0.0146. The first-order valence-electron chi connectivity index (χ1n) is 6.28. The van der Waals surface area contributed by atoms with Gasteiger partial charge in [0.15, 0.2) is 0 Å². The Morgan fingerprint density at radius 3 is 1.75 bits per heavy atom. The fourth-order valence-corrected chi connectivity index (χ4v) is 1.92. The summed E-state index contributed by atoms with van der Waals surface area (Å²) in [5.74, 6) is 0. The molecule has 0 aliphatic carbocycles. The second kappa shape index (κ2) is 10.4. The van der Waals surface area contributed by atoms with E-state index in [-0.39, 0.29) is 25.9 Å². The average Bonchev–Trinajstić information content (AvgIpc) is 2.46. The highest BCUT2D eigenvalue weighted by molar-refractivity contribution is 5.85. The van der Waals surface area contributed by atoms with Gasteiger partial charge < -0.3 is 10.1 Å². The van der Waals surface area contributed by atoms with Crippen molar-refractivity contribution in [1.82, 2.24) is 5.32 Å². The third-order valence-electron chi connectivity index (χ3n) is 2.84. The number of hydrogen-bond acceptors (Lipinski definition) is 2. The first kappa shape index (κ1) is 18.7. The van der Waals surface area contributed by atoms with Gasteiger partial charge in [0.05, 0.1) is 6.61 Å². The minimum Gasteiger partial charge on any atom is -0.367 e. The van der Waals surface area contributed by atoms with Gasteiger partial charge in [-0.05, 0) is 18.2 Å². The first-order chi connectivity index (χ1) is 8.92. The summed E-state index contributed by atoms with van der Waals surface area (Å²) in [6, 6.07) is 20.7. The van der Waals surface area contributed by atoms with Crippen LogP contribution in [0.3, 0.4) is 0 Å². The molecule has 0 aliphatic heterocycles. The molecular formula is C17H24ClNO. The van der Waals surface area contributed by atoms with Crippen molar-refractivity contribution in [3.8, 4) is 0 Å². The molecule has 2 aromatic carbocycles. The van der Waals surface area contributed by atoms with E-state index in [0.29, 0.717) is 6.61 Å². The Hall–Kier alpha value is -1.35. The SMILES string of the molecule is C.CNCCOC(c1ccccc1)c1ccccc1.Cl. The van der Waals surface area contributed by atoms with Crippen molar-refractivity contribution in [2.24, 2.45) is 0 Å². The Kier molecular flexibility index (Phi) is 9.73. The number of likely N-dealkylation sites (N-methyl/N-ethyl adjacent to an activating group) is 1. The Morgan fingerprint density at radius 2 is 1.35 bits per heavy atom. The van der Waals surface area contributed by atoms with E-state index in [1.54, 1.807) is 0 Å². The summed E-state index contributed by atoms with van der Waals surface area (Å²) in [5.41, 5.74) is 2.39. The summed E-state index contributed by atoms with van der Waals surface area (Å²) in [6.45, 7) is 1.56. The van der Waals surface area contributed by atoms with Crippen LogP contribution in [0.1, 0.15) is 24.7 Å². The molecule has 20 heavy (non-hydrogen) atoms. The maximum atomic E-state index is 5.99. The number of nitrogens with one attached hydrogen (secondary N) is 1. The summed E-state index contributed by atoms with van der Waals surface area (Å²) < 4.78 is 5.99. The predicted molar refractivity (Wildman–Crippen MR) is 88.6 cm³/mol. The van der Waals surface area contributed by atoms with E-state index in [4.69, 9.17) is 4.74 Å². The van der Waals surface area contributed by atoms with Gasteiger partial charge in [0.25, 0.3) is 0 Å². The van der Waals surface area contributed by atoms with E-state index in [1.165, 1.54) is 11.1 Å². The van der Waals surface area contributed by atoms with Crippen LogP contribution >= 0.6 is 12.4 Å². The van der Waals surface area contributed by atoms with Gasteiger partial charge in [-0.1, -0.05) is 68.1 Å². The maximum absolute atomic E-state index is 5.99. The summed E-state index contributed by atoms with van der Waals surface area (Å²) in [7, 11) is 1.93. The Labute approximate surface area is 128 Å². The monoisotopic (exact) mass is 293 g/mol. The lowest BCUT2D eigenvalue weighted by Gasteiger charge is -2.18. The largest absolute Gasteiger partial charge is 0.367 e. The number of ether oxygens (including phenoxy) is 1. The van der Waals surface area contributed by atoms with E-state index >= 15 is 0 Å². The van der Waals surface area contributed by atoms with Gasteiger partial charge in [-0.15, -0.1) is 12.4 Å². The standard InChI is InChI=1S/C16H19NO.CH4.ClH/c1-17-12-13-18-16(14-8-4-2-5-9-14)15-10-6-3-7-11-15;;/h2-11,16-17H,12-13H2,1H3;1H4;1H. The van der Waals surface area contributed by atoms with Crippen LogP contribution in [0.2, 0.25) is 0 Å². The summed E-state index contributed by atoms with van der Waals surface area (Å²) in [4.78, 5) is 0. The van der Waals surface area contributed by atoms with Crippen molar-refractivity contribution in [3.63, 3.8) is 0 Å². The van der Waals surface area contributed by atoms with Crippen molar-refractivity contribution in [1.29, 1.82) is 0 Å². The van der Waals surface area contributed by atoms with Crippen LogP contribution in [0, 0.1) is 0 Å². The zero-order valence-electron chi connectivity index (χ0n) is 11.1. The highest BCUT2D eigenvalue weighted by atomic mass is 35.5. The number of halogens is 1. The third-order valence-corrected chi connectivity index (χ3v) is 2.84. The van der Waals surface area contributed by atoms with Crippen LogP contribution in [0.5, 0.6) is 0 Å². The average molecular weight is 294 g/mol. The second-order valence-electron chi connectivity index (χ2n) is 4.18. The van der Waals surface area contributed by atoms with Crippen molar-refractivity contribution in [2.45, 2.75) is 13.5 Å². The molecule has 1 N–H and O–H groups in total. The van der Waals surface area contributed by atoms with E-state index in [9.17, 15) is 0 Å². The molecule has 2 nitrogen and oxygen atoms in total. The van der Waals surface area contributed by atoms with Crippen LogP contribution in [-0.2, 0) is 4.74 Å². The smallest absolute Gasteiger partial charge is 0.108 e. The van der Waals surface area contributed by atoms with E-state index in [2.05, 4.69) is 29.6 Å². The fraction of sp³-hybridized carbons (Fsp3) is 0.294. The van der Waals surface area contributed by atoms with Crippen LogP contribution in [0.25, 0.3) is 0 Å². The lowest BCUT2D eigenvalue weighted by Crippen LogP contribution is -2.17. The minimum absolute atomic E-state index is 0. The van der Waals surface area contributed by atoms with Gasteiger partial charge in [-0.25, -0.2) is 0 Å². The Morgan fingerprint density at radius 1 is 0.900 bits per heavy atom. The van der Waals surface area contributed by atoms with Crippen molar-refractivity contribution in [3.05, 3.63) is 71.8 Å². The molecule has 0 spiro atoms. The Bertz CT molecular complexity index is 408. The lowest BCUT2D eigenvalue weighted by molar-refractivity contribution is 0.0831. The molecule has 0 heterocycles. The molecule has 0 bridgehead atoms. The van der Waals surface area contributed by atoms with Gasteiger partial charge in [0.2, 0.25) is 0 Å². The highest BCUT2D eigenvalue weighted by Gasteiger charge is 2.13. The molecular weight excluding hydrogens is 270 g/mol. The topological polar surface area (TPSA) is 21.3 Å². The van der Waals surface area contributed by atoms with Crippen LogP contribution < -0.4 is 5.32 Å². The summed E-state index contributed by atoms with van der Waals surface area (Å²) >= 11 is 0. The van der Waals surface area contributed by atoms with Crippen LogP contribution in [-0.4, -0.2) is 20.2 Å². The molecule has 0 aliphatic rings. The molecule has 0 aromatic heterocycles. The van der Waals surface area contributed by atoms with Crippen molar-refractivity contribution in [2.75, 3.05) is 20.2 Å². The molecule has 0 amide bonds. The minimum atomic E-state index is 0. The van der Waals surface area contributed by atoms with Crippen molar-refractivity contribution >= 4 is 12.4 Å². The fourth-order valence-electron chi connectivity index (χ4n) is 1.92. The zero-order chi connectivity index (χ0) is 12.6. The zero-order valence-corrected chi connectivity index (χ0v) is 11.9. The predicted octanol–water partition coefficient (Wildman–Crippen LogP) is 4.07. The molecule has 0 atom stereocenters. The molecule has 2 aromatic rings. The van der Waals surface area contributed by atoms with E-state index in [0.717, 1.165) is 6.54 Å². The van der Waals surface area contributed by atoms with Gasteiger partial charge in [-0.2, -0.15) is 0 Å². The molecule has 3 heteroatoms. The normalized spacial score (nSPS) is 9.70. The maximum Gasteiger partial charge on any atom is 0.108 e. The molecule has 0 saturated heterocycles. The third kappa shape index (κ3) is 5.33. The molecule has 0 radical (unpaired) electrons. The van der Waals surface area contributed by atoms with Gasteiger partial charge >= 0.3 is 0 Å². The summed E-state index contributed by atoms with van der Waals surface area (Å²) in [5, 5.41) is 3.10. The molecule has 0 unspecified atom stereocenters. The van der Waals surface area contributed by atoms with E-state index < -0.39 is 0 Å². The number of benzene rings is 2.